The summed E-state index contributed by atoms with van der Waals surface area (Å²) < 4.78 is 0. The largest absolute Gasteiger partial charge is 0.390 e. The minimum atomic E-state index is -0.494. The van der Waals surface area contributed by atoms with E-state index in [2.05, 4.69) is 6.42 Å². The number of hydrogen-bond acceptors (Lipinski definition) is 1. The van der Waals surface area contributed by atoms with Gasteiger partial charge in [0, 0.05) is 4.87 Å². The van der Waals surface area contributed by atoms with Crippen molar-refractivity contribution < 1.29 is 5.11 Å². The Labute approximate surface area is 78.1 Å². The fourth-order valence-corrected chi connectivity index (χ4v) is 4.43. The van der Waals surface area contributed by atoms with Crippen molar-refractivity contribution in [2.24, 2.45) is 11.8 Å². The summed E-state index contributed by atoms with van der Waals surface area (Å²) in [5, 5.41) is 10.1. The van der Waals surface area contributed by atoms with Crippen molar-refractivity contribution in [2.75, 3.05) is 0 Å². The molecule has 4 bridgehead atoms. The molecule has 1 radical (unpaired) electrons. The second kappa shape index (κ2) is 2.01. The molecule has 4 fully saturated rings. The summed E-state index contributed by atoms with van der Waals surface area (Å²) in [5.74, 6) is 1.30. The van der Waals surface area contributed by atoms with Crippen molar-refractivity contribution in [2.45, 2.75) is 42.6 Å². The van der Waals surface area contributed by atoms with E-state index < -0.39 is 5.60 Å². The van der Waals surface area contributed by atoms with E-state index in [1.54, 1.807) is 0 Å². The molecule has 0 unspecified atom stereocenters. The predicted octanol–water partition coefficient (Wildman–Crippen LogP) is 2.12. The average molecular weight is 186 g/mol. The second-order valence-corrected chi connectivity index (χ2v) is 5.87. The number of rotatable bonds is 0. The zero-order valence-corrected chi connectivity index (χ0v) is 7.85. The van der Waals surface area contributed by atoms with Gasteiger partial charge in [-0.2, -0.15) is 0 Å². The summed E-state index contributed by atoms with van der Waals surface area (Å²) in [4.78, 5) is -0.0463. The van der Waals surface area contributed by atoms with Gasteiger partial charge in [-0.3, -0.25) is 0 Å². The van der Waals surface area contributed by atoms with Gasteiger partial charge < -0.3 is 5.11 Å². The Bertz CT molecular complexity index is 192. The van der Waals surface area contributed by atoms with Crippen LogP contribution in [-0.4, -0.2) is 15.6 Å². The van der Waals surface area contributed by atoms with Crippen LogP contribution in [-0.2, 0) is 0 Å². The second-order valence-electron chi connectivity index (χ2n) is 5.07. The molecule has 2 heteroatoms. The molecule has 0 aromatic heterocycles. The maximum absolute atomic E-state index is 10.1. The van der Waals surface area contributed by atoms with Gasteiger partial charge in [0.25, 0.3) is 0 Å². The fraction of sp³-hybridized carbons (Fsp3) is 0.900. The number of aliphatic hydroxyl groups is 1. The van der Waals surface area contributed by atoms with Crippen LogP contribution in [0, 0.1) is 18.3 Å². The molecule has 0 spiro atoms. The quantitative estimate of drug-likeness (QED) is 0.574. The molecule has 4 saturated carbocycles. The molecule has 12 heavy (non-hydrogen) atoms. The third-order valence-corrected chi connectivity index (χ3v) is 4.17. The van der Waals surface area contributed by atoms with Gasteiger partial charge in [-0.1, -0.05) is 0 Å². The van der Waals surface area contributed by atoms with Gasteiger partial charge in [0.2, 0.25) is 0 Å². The molecule has 0 aromatic carbocycles. The summed E-state index contributed by atoms with van der Waals surface area (Å²) in [5.41, 5.74) is -0.494. The maximum atomic E-state index is 10.1. The van der Waals surface area contributed by atoms with Gasteiger partial charge in [0.1, 0.15) is 0 Å². The zero-order chi connectivity index (χ0) is 8.40. The lowest BCUT2D eigenvalue weighted by atomic mass is 9.54. The molecule has 1 nitrogen and oxygen atoms in total. The lowest BCUT2D eigenvalue weighted by Crippen LogP contribution is -2.57. The Balaban J connectivity index is 1.98. The van der Waals surface area contributed by atoms with Gasteiger partial charge in [0.05, 0.1) is 5.60 Å². The summed E-state index contributed by atoms with van der Waals surface area (Å²) in [6.07, 6.45) is 7.45. The van der Waals surface area contributed by atoms with E-state index in [1.165, 1.54) is 6.42 Å². The van der Waals surface area contributed by atoms with Crippen molar-refractivity contribution in [3.05, 3.63) is 6.42 Å². The van der Waals surface area contributed by atoms with Gasteiger partial charge in [-0.15, -0.1) is 11.6 Å². The van der Waals surface area contributed by atoms with Crippen molar-refractivity contribution in [1.29, 1.82) is 0 Å². The highest BCUT2D eigenvalue weighted by atomic mass is 35.5. The Morgan fingerprint density at radius 3 is 2.75 bits per heavy atom. The normalized spacial score (nSPS) is 62.5. The van der Waals surface area contributed by atoms with Crippen LogP contribution in [0.5, 0.6) is 0 Å². The molecule has 4 aliphatic carbocycles. The first-order chi connectivity index (χ1) is 5.57. The third kappa shape index (κ3) is 0.958. The molecule has 0 saturated heterocycles. The molecular formula is C10H14ClO. The highest BCUT2D eigenvalue weighted by molar-refractivity contribution is 6.24. The third-order valence-electron chi connectivity index (χ3n) is 3.73. The van der Waals surface area contributed by atoms with E-state index in [0.717, 1.165) is 25.7 Å². The Morgan fingerprint density at radius 1 is 1.33 bits per heavy atom. The Morgan fingerprint density at radius 2 is 2.17 bits per heavy atom. The van der Waals surface area contributed by atoms with Crippen LogP contribution < -0.4 is 0 Å². The summed E-state index contributed by atoms with van der Waals surface area (Å²) in [7, 11) is 0. The van der Waals surface area contributed by atoms with Crippen LogP contribution in [0.1, 0.15) is 32.1 Å². The molecular weight excluding hydrogens is 172 g/mol. The molecule has 0 amide bonds. The number of alkyl halides is 1. The maximum Gasteiger partial charge on any atom is 0.0701 e. The SMILES string of the molecule is O[C@@]12[CH][C@H]3C[C@H](C1)C[C@@](Cl)(C3)C2. The number of halogens is 1. The summed E-state index contributed by atoms with van der Waals surface area (Å²) >= 11 is 6.44. The Kier molecular flexibility index (Phi) is 1.28. The van der Waals surface area contributed by atoms with Crippen molar-refractivity contribution in [3.63, 3.8) is 0 Å². The topological polar surface area (TPSA) is 20.2 Å². The van der Waals surface area contributed by atoms with Crippen molar-refractivity contribution >= 4 is 11.6 Å². The van der Waals surface area contributed by atoms with E-state index in [4.69, 9.17) is 11.6 Å². The van der Waals surface area contributed by atoms with Crippen LogP contribution in [0.2, 0.25) is 0 Å². The molecule has 67 valence electrons. The van der Waals surface area contributed by atoms with Gasteiger partial charge in [0.15, 0.2) is 0 Å². The highest BCUT2D eigenvalue weighted by Gasteiger charge is 2.56. The summed E-state index contributed by atoms with van der Waals surface area (Å²) in [6, 6.07) is 0. The lowest BCUT2D eigenvalue weighted by Gasteiger charge is -2.57. The molecule has 4 aliphatic rings. The Hall–Kier alpha value is 0.250. The van der Waals surface area contributed by atoms with E-state index in [1.807, 2.05) is 0 Å². The smallest absolute Gasteiger partial charge is 0.0701 e. The first kappa shape index (κ1) is 7.64. The first-order valence-electron chi connectivity index (χ1n) is 4.84. The number of hydrogen-bond donors (Lipinski definition) is 1. The van der Waals surface area contributed by atoms with E-state index in [0.29, 0.717) is 11.8 Å². The molecule has 0 heterocycles. The van der Waals surface area contributed by atoms with Crippen molar-refractivity contribution in [1.82, 2.24) is 0 Å². The molecule has 0 aromatic rings. The van der Waals surface area contributed by atoms with Gasteiger partial charge in [-0.25, -0.2) is 0 Å². The van der Waals surface area contributed by atoms with Crippen LogP contribution in [0.25, 0.3) is 0 Å². The van der Waals surface area contributed by atoms with Crippen LogP contribution in [0.15, 0.2) is 0 Å². The van der Waals surface area contributed by atoms with E-state index in [9.17, 15) is 5.11 Å². The molecule has 0 aliphatic heterocycles. The highest BCUT2D eigenvalue weighted by Crippen LogP contribution is 2.59. The van der Waals surface area contributed by atoms with E-state index in [-0.39, 0.29) is 4.87 Å². The molecule has 1 N–H and O–H groups in total. The van der Waals surface area contributed by atoms with Gasteiger partial charge >= 0.3 is 0 Å². The minimum Gasteiger partial charge on any atom is -0.390 e. The fourth-order valence-electron chi connectivity index (χ4n) is 3.78. The van der Waals surface area contributed by atoms with Crippen LogP contribution >= 0.6 is 11.6 Å². The molecule has 4 atom stereocenters. The molecule has 4 rings (SSSR count). The first-order valence-corrected chi connectivity index (χ1v) is 5.22. The van der Waals surface area contributed by atoms with Crippen LogP contribution in [0.4, 0.5) is 0 Å². The predicted molar refractivity (Wildman–Crippen MR) is 47.9 cm³/mol. The monoisotopic (exact) mass is 185 g/mol. The summed E-state index contributed by atoms with van der Waals surface area (Å²) in [6.45, 7) is 0. The van der Waals surface area contributed by atoms with Crippen LogP contribution in [0.3, 0.4) is 0 Å². The minimum absolute atomic E-state index is 0.0463. The van der Waals surface area contributed by atoms with Gasteiger partial charge in [-0.05, 0) is 50.4 Å². The average Bonchev–Trinajstić information content (AvgIpc) is 1.75. The standard InChI is InChI=1S/C10H14ClO/c11-9-2-7-1-8(3-9)5-10(12,4-7)6-9/h4,7-8,12H,1-3,5-6H2/t7-,8-,9-,10-/m0/s1. The van der Waals surface area contributed by atoms with Crippen molar-refractivity contribution in [3.8, 4) is 0 Å². The van der Waals surface area contributed by atoms with E-state index >= 15 is 0 Å². The zero-order valence-electron chi connectivity index (χ0n) is 7.09. The lowest BCUT2D eigenvalue weighted by molar-refractivity contribution is -0.0718.